The van der Waals surface area contributed by atoms with Gasteiger partial charge in [-0.05, 0) is 75.5 Å². The van der Waals surface area contributed by atoms with E-state index in [0.717, 1.165) is 10.5 Å². The second kappa shape index (κ2) is 10.1. The third-order valence-corrected chi connectivity index (χ3v) is 12.7. The molecule has 5 rings (SSSR count). The Morgan fingerprint density at radius 1 is 1.29 bits per heavy atom. The van der Waals surface area contributed by atoms with Crippen molar-refractivity contribution < 1.29 is 28.3 Å². The molecule has 1 heterocycles. The second-order valence-electron chi connectivity index (χ2n) is 11.5. The summed E-state index contributed by atoms with van der Waals surface area (Å²) >= 11 is 3.91. The van der Waals surface area contributed by atoms with Crippen LogP contribution in [-0.2, 0) is 21.0 Å². The first-order valence-corrected chi connectivity index (χ1v) is 16.1. The minimum Gasteiger partial charge on any atom is -0.390 e. The summed E-state index contributed by atoms with van der Waals surface area (Å²) in [5, 5.41) is 12.8. The number of rotatable bonds is 7. The highest BCUT2D eigenvalue weighted by atomic mass is 32.2. The monoisotopic (exact) mass is 583 g/mol. The molecule has 4 aliphatic rings. The molecule has 0 unspecified atom stereocenters. The number of hydrogen-bond acceptors (Lipinski definition) is 8. The van der Waals surface area contributed by atoms with Gasteiger partial charge in [-0.15, -0.1) is 23.1 Å². The zero-order valence-electron chi connectivity index (χ0n) is 22.2. The topological polar surface area (TPSA) is 66.8 Å². The van der Waals surface area contributed by atoms with Crippen LogP contribution in [-0.4, -0.2) is 57.8 Å². The fraction of sp³-hybridized carbons (Fsp3) is 0.643. The summed E-state index contributed by atoms with van der Waals surface area (Å²) in [4.78, 5) is 33.4. The van der Waals surface area contributed by atoms with E-state index in [4.69, 9.17) is 4.84 Å². The number of thiophene rings is 1. The van der Waals surface area contributed by atoms with Crippen LogP contribution in [0.1, 0.15) is 50.8 Å². The van der Waals surface area contributed by atoms with Crippen LogP contribution in [0.3, 0.4) is 0 Å². The normalized spacial score (nSPS) is 40.1. The van der Waals surface area contributed by atoms with Crippen molar-refractivity contribution in [2.45, 2.75) is 74.1 Å². The predicted molar refractivity (Wildman–Crippen MR) is 148 cm³/mol. The lowest BCUT2D eigenvalue weighted by Gasteiger charge is -2.63. The summed E-state index contributed by atoms with van der Waals surface area (Å²) in [6.45, 7) is 4.15. The van der Waals surface area contributed by atoms with Crippen molar-refractivity contribution in [1.29, 1.82) is 0 Å². The Bertz CT molecular complexity index is 1190. The molecule has 10 heteroatoms. The number of fused-ring (bicyclic) bond motifs is 5. The van der Waals surface area contributed by atoms with Crippen LogP contribution in [0.5, 0.6) is 0 Å². The van der Waals surface area contributed by atoms with Crippen LogP contribution in [0.4, 0.5) is 8.78 Å². The zero-order valence-corrected chi connectivity index (χ0v) is 24.6. The summed E-state index contributed by atoms with van der Waals surface area (Å²) in [7, 11) is 1.77. The van der Waals surface area contributed by atoms with Gasteiger partial charge in [0.2, 0.25) is 5.12 Å². The average Bonchev–Trinajstić information content (AvgIpc) is 3.43. The Morgan fingerprint density at radius 3 is 2.74 bits per heavy atom. The number of ketones is 1. The third kappa shape index (κ3) is 4.04. The van der Waals surface area contributed by atoms with Crippen LogP contribution in [0.2, 0.25) is 0 Å². The maximum absolute atomic E-state index is 17.4. The van der Waals surface area contributed by atoms with Crippen LogP contribution >= 0.6 is 34.9 Å². The van der Waals surface area contributed by atoms with E-state index < -0.39 is 45.2 Å². The van der Waals surface area contributed by atoms with Crippen LogP contribution in [0.25, 0.3) is 0 Å². The molecular weight excluding hydrogens is 549 g/mol. The quantitative estimate of drug-likeness (QED) is 0.306. The number of hydroxylamine groups is 2. The highest BCUT2D eigenvalue weighted by Gasteiger charge is 2.75. The lowest BCUT2D eigenvalue weighted by molar-refractivity contribution is -0.282. The molecule has 0 aliphatic heterocycles. The van der Waals surface area contributed by atoms with Gasteiger partial charge in [-0.1, -0.05) is 30.3 Å². The van der Waals surface area contributed by atoms with E-state index in [9.17, 15) is 19.1 Å². The number of nitrogens with zero attached hydrogens (tertiary/aromatic N) is 1. The van der Waals surface area contributed by atoms with E-state index in [-0.39, 0.29) is 18.1 Å². The van der Waals surface area contributed by atoms with E-state index in [1.54, 1.807) is 48.2 Å². The molecule has 7 atom stereocenters. The minimum atomic E-state index is -1.98. The second-order valence-corrected chi connectivity index (χ2v) is 14.6. The van der Waals surface area contributed by atoms with Gasteiger partial charge in [-0.25, -0.2) is 8.78 Å². The maximum atomic E-state index is 17.4. The molecule has 0 spiro atoms. The van der Waals surface area contributed by atoms with Gasteiger partial charge in [0.15, 0.2) is 17.1 Å². The number of halogens is 2. The van der Waals surface area contributed by atoms with Crippen molar-refractivity contribution in [2.24, 2.45) is 22.7 Å². The Kier molecular flexibility index (Phi) is 7.57. The molecule has 0 radical (unpaired) electrons. The standard InChI is InChI=1S/C28H35F2NO4S3/c1-25-11-9-18(32)13-17(25)5-7-21-20-10-12-27(24(34)37-16-29,26(20,2)14-22(33)28(21,25)30)35-31(3)15-19-6-8-23(36-4)38-19/h6,8-9,11,13,20-22,33H,5,7,10,12,14-16H2,1-4H3/t20-,21-,22-,25-,26-,27-,28-/m0/s1. The molecule has 0 saturated heterocycles. The largest absolute Gasteiger partial charge is 0.390 e. The van der Waals surface area contributed by atoms with Crippen molar-refractivity contribution >= 4 is 45.8 Å². The van der Waals surface area contributed by atoms with Gasteiger partial charge in [0, 0.05) is 28.7 Å². The minimum absolute atomic E-state index is 0.0113. The Balaban J connectivity index is 1.50. The van der Waals surface area contributed by atoms with Crippen LogP contribution in [0, 0.1) is 22.7 Å². The van der Waals surface area contributed by atoms with E-state index in [0.29, 0.717) is 44.0 Å². The summed E-state index contributed by atoms with van der Waals surface area (Å²) in [6, 6.07) is 3.20. The summed E-state index contributed by atoms with van der Waals surface area (Å²) < 4.78 is 32.1. The number of hydrogen-bond donors (Lipinski definition) is 1. The van der Waals surface area contributed by atoms with Crippen LogP contribution in [0.15, 0.2) is 40.1 Å². The fourth-order valence-electron chi connectivity index (χ4n) is 7.96. The summed E-state index contributed by atoms with van der Waals surface area (Å²) in [6.07, 6.45) is 7.09. The highest BCUT2D eigenvalue weighted by molar-refractivity contribution is 8.13. The SMILES string of the molecule is CSc1ccc(CN(C)O[C@]2(C(=O)SCF)CC[C@H]3[C@@H]4CCC5=CC(=O)C=C[C@]5(C)[C@@]4(F)[C@@H](O)C[C@@]32C)s1. The summed E-state index contributed by atoms with van der Waals surface area (Å²) in [5.41, 5.74) is -4.65. The van der Waals surface area contributed by atoms with E-state index in [1.807, 2.05) is 25.3 Å². The molecule has 208 valence electrons. The number of thioether (sulfide) groups is 2. The van der Waals surface area contributed by atoms with Gasteiger partial charge >= 0.3 is 0 Å². The Hall–Kier alpha value is -1.04. The van der Waals surface area contributed by atoms with Crippen molar-refractivity contribution in [3.63, 3.8) is 0 Å². The van der Waals surface area contributed by atoms with Crippen molar-refractivity contribution in [3.05, 3.63) is 40.8 Å². The Morgan fingerprint density at radius 2 is 2.05 bits per heavy atom. The predicted octanol–water partition coefficient (Wildman–Crippen LogP) is 6.13. The smallest absolute Gasteiger partial charge is 0.225 e. The highest BCUT2D eigenvalue weighted by Crippen LogP contribution is 2.70. The van der Waals surface area contributed by atoms with Crippen molar-refractivity contribution in [2.75, 3.05) is 19.3 Å². The number of aliphatic hydroxyl groups excluding tert-OH is 1. The molecular formula is C28H35F2NO4S3. The fourth-order valence-corrected chi connectivity index (χ4v) is 10.3. The molecule has 0 amide bonds. The average molecular weight is 584 g/mol. The van der Waals surface area contributed by atoms with Gasteiger partial charge in [0.1, 0.15) is 6.01 Å². The first-order valence-electron chi connectivity index (χ1n) is 13.0. The number of aliphatic hydroxyl groups is 1. The number of carbonyl (C=O) groups excluding carboxylic acids is 2. The molecule has 0 bridgehead atoms. The third-order valence-electron chi connectivity index (χ3n) is 9.80. The molecule has 4 aliphatic carbocycles. The first kappa shape index (κ1) is 28.5. The number of alkyl halides is 2. The van der Waals surface area contributed by atoms with Gasteiger partial charge in [0.05, 0.1) is 16.9 Å². The van der Waals surface area contributed by atoms with Gasteiger partial charge in [0.25, 0.3) is 0 Å². The molecule has 5 nitrogen and oxygen atoms in total. The molecule has 1 aromatic rings. The Labute approximate surface area is 235 Å². The molecule has 1 N–H and O–H groups in total. The van der Waals surface area contributed by atoms with E-state index in [2.05, 4.69) is 0 Å². The van der Waals surface area contributed by atoms with Crippen molar-refractivity contribution in [1.82, 2.24) is 5.06 Å². The molecule has 0 aromatic carbocycles. The molecule has 3 saturated carbocycles. The lowest BCUT2D eigenvalue weighted by atomic mass is 9.45. The van der Waals surface area contributed by atoms with E-state index in [1.165, 1.54) is 16.4 Å². The zero-order chi connectivity index (χ0) is 27.5. The maximum Gasteiger partial charge on any atom is 0.225 e. The first-order chi connectivity index (χ1) is 17.9. The molecule has 1 aromatic heterocycles. The number of allylic oxidation sites excluding steroid dienone is 4. The van der Waals surface area contributed by atoms with Gasteiger partial charge in [-0.2, -0.15) is 5.06 Å². The molecule has 38 heavy (non-hydrogen) atoms. The lowest BCUT2D eigenvalue weighted by Crippen LogP contribution is -2.69. The number of carbonyl (C=O) groups is 2. The van der Waals surface area contributed by atoms with E-state index >= 15 is 4.39 Å². The van der Waals surface area contributed by atoms with Crippen molar-refractivity contribution in [3.8, 4) is 0 Å². The molecule has 3 fully saturated rings. The van der Waals surface area contributed by atoms with Gasteiger partial charge < -0.3 is 5.11 Å². The van der Waals surface area contributed by atoms with Crippen LogP contribution < -0.4 is 0 Å². The van der Waals surface area contributed by atoms with Gasteiger partial charge in [-0.3, -0.25) is 14.4 Å². The summed E-state index contributed by atoms with van der Waals surface area (Å²) in [5.74, 6) is -0.936.